The average molecular weight is 629 g/mol. The fourth-order valence-electron chi connectivity index (χ4n) is 6.13. The van der Waals surface area contributed by atoms with Gasteiger partial charge in [-0.2, -0.15) is 0 Å². The zero-order valence-corrected chi connectivity index (χ0v) is 27.4. The number of benzene rings is 3. The van der Waals surface area contributed by atoms with Crippen molar-refractivity contribution in [3.63, 3.8) is 0 Å². The van der Waals surface area contributed by atoms with Crippen LogP contribution in [0.2, 0.25) is 0 Å². The lowest BCUT2D eigenvalue weighted by molar-refractivity contribution is 0.0510. The molecule has 0 aliphatic carbocycles. The number of hydrogen-bond donors (Lipinski definition) is 1. The van der Waals surface area contributed by atoms with E-state index in [4.69, 9.17) is 14.2 Å². The minimum absolute atomic E-state index is 0.317. The number of imide groups is 1. The van der Waals surface area contributed by atoms with Crippen molar-refractivity contribution in [1.29, 1.82) is 0 Å². The van der Waals surface area contributed by atoms with Gasteiger partial charge in [-0.25, -0.2) is 4.79 Å². The van der Waals surface area contributed by atoms with Gasteiger partial charge in [0, 0.05) is 39.3 Å². The Morgan fingerprint density at radius 3 is 2.26 bits per heavy atom. The van der Waals surface area contributed by atoms with Crippen LogP contribution >= 0.6 is 0 Å². The molecular formula is C36H44N4O6. The summed E-state index contributed by atoms with van der Waals surface area (Å²) in [5.74, 6) is 0.404. The monoisotopic (exact) mass is 628 g/mol. The van der Waals surface area contributed by atoms with Crippen LogP contribution in [-0.2, 0) is 11.3 Å². The summed E-state index contributed by atoms with van der Waals surface area (Å²) in [6.07, 6.45) is 0.413. The molecule has 3 aromatic carbocycles. The lowest BCUT2D eigenvalue weighted by atomic mass is 9.99. The molecule has 0 bridgehead atoms. The molecule has 244 valence electrons. The summed E-state index contributed by atoms with van der Waals surface area (Å²) in [5.41, 5.74) is 3.04. The highest BCUT2D eigenvalue weighted by Gasteiger charge is 2.43. The van der Waals surface area contributed by atoms with E-state index < -0.39 is 17.7 Å². The predicted octanol–water partition coefficient (Wildman–Crippen LogP) is 5.67. The molecule has 1 fully saturated rings. The number of carbonyl (C=O) groups is 3. The molecule has 5 rings (SSSR count). The predicted molar refractivity (Wildman–Crippen MR) is 177 cm³/mol. The van der Waals surface area contributed by atoms with Crippen LogP contribution < -0.4 is 19.7 Å². The minimum atomic E-state index is -0.612. The molecular weight excluding hydrogens is 584 g/mol. The van der Waals surface area contributed by atoms with Gasteiger partial charge in [0.2, 0.25) is 0 Å². The fraction of sp³-hybridized carbons (Fsp3) is 0.417. The van der Waals surface area contributed by atoms with Crippen molar-refractivity contribution in [2.24, 2.45) is 0 Å². The van der Waals surface area contributed by atoms with E-state index in [2.05, 4.69) is 39.4 Å². The number of piperazine rings is 1. The van der Waals surface area contributed by atoms with Crippen LogP contribution in [0.1, 0.15) is 71.5 Å². The Morgan fingerprint density at radius 1 is 0.870 bits per heavy atom. The van der Waals surface area contributed by atoms with Gasteiger partial charge < -0.3 is 24.4 Å². The SMILES string of the molecule is COc1ccc([C@@H](CCCNC(=O)OC(C)(C)C)N2C(=O)c3cccc(N4CCN(Cc5ccccc5)CC4)c3C2=O)cc1OC. The standard InChI is InChI=1S/C36H44N4O6/c1-36(2,3)46-35(43)37-18-10-15-28(26-16-17-30(44-4)31(23-26)45-5)40-33(41)27-13-9-14-29(32(27)34(40)42)39-21-19-38(20-22-39)24-25-11-7-6-8-12-25/h6-9,11-14,16-17,23,28H,10,15,18-22,24H2,1-5H3,(H,37,43)/t28-/m1/s1. The van der Waals surface area contributed by atoms with Crippen LogP contribution in [0.3, 0.4) is 0 Å². The number of amides is 3. The lowest BCUT2D eigenvalue weighted by Crippen LogP contribution is -2.46. The Morgan fingerprint density at radius 2 is 1.59 bits per heavy atom. The molecule has 1 N–H and O–H groups in total. The fourth-order valence-corrected chi connectivity index (χ4v) is 6.13. The summed E-state index contributed by atoms with van der Waals surface area (Å²) in [4.78, 5) is 46.5. The number of ether oxygens (including phenoxy) is 3. The van der Waals surface area contributed by atoms with Gasteiger partial charge in [-0.05, 0) is 69.0 Å². The average Bonchev–Trinajstić information content (AvgIpc) is 3.30. The van der Waals surface area contributed by atoms with Gasteiger partial charge in [-0.15, -0.1) is 0 Å². The molecule has 1 atom stereocenters. The largest absolute Gasteiger partial charge is 0.493 e. The summed E-state index contributed by atoms with van der Waals surface area (Å²) < 4.78 is 16.4. The van der Waals surface area contributed by atoms with Crippen LogP contribution in [0.4, 0.5) is 10.5 Å². The van der Waals surface area contributed by atoms with Gasteiger partial charge >= 0.3 is 6.09 Å². The van der Waals surface area contributed by atoms with Crippen molar-refractivity contribution in [2.75, 3.05) is 51.8 Å². The topological polar surface area (TPSA) is 101 Å². The molecule has 0 spiro atoms. The van der Waals surface area contributed by atoms with Crippen LogP contribution in [0.5, 0.6) is 11.5 Å². The summed E-state index contributed by atoms with van der Waals surface area (Å²) in [5, 5.41) is 2.78. The number of fused-ring (bicyclic) bond motifs is 1. The number of hydrogen-bond acceptors (Lipinski definition) is 8. The zero-order chi connectivity index (χ0) is 32.8. The number of carbonyl (C=O) groups excluding carboxylic acids is 3. The maximum absolute atomic E-state index is 14.3. The molecule has 1 saturated heterocycles. The Kier molecular flexibility index (Phi) is 10.2. The van der Waals surface area contributed by atoms with E-state index in [1.807, 2.05) is 24.3 Å². The maximum Gasteiger partial charge on any atom is 0.407 e. The highest BCUT2D eigenvalue weighted by molar-refractivity contribution is 6.24. The number of methoxy groups -OCH3 is 2. The van der Waals surface area contributed by atoms with Gasteiger partial charge in [0.05, 0.1) is 37.1 Å². The molecule has 0 aromatic heterocycles. The second kappa shape index (κ2) is 14.2. The third-order valence-corrected chi connectivity index (χ3v) is 8.31. The molecule has 3 amide bonds. The molecule has 2 heterocycles. The number of anilines is 1. The second-order valence-electron chi connectivity index (χ2n) is 12.6. The summed E-state index contributed by atoms with van der Waals surface area (Å²) in [6.45, 7) is 9.82. The van der Waals surface area contributed by atoms with E-state index in [-0.39, 0.29) is 11.8 Å². The quantitative estimate of drug-likeness (QED) is 0.214. The number of rotatable bonds is 11. The Hall–Kier alpha value is -4.57. The van der Waals surface area contributed by atoms with Gasteiger partial charge in [0.25, 0.3) is 11.8 Å². The normalized spacial score (nSPS) is 15.8. The highest BCUT2D eigenvalue weighted by atomic mass is 16.6. The van der Waals surface area contributed by atoms with Crippen LogP contribution in [0.15, 0.2) is 66.7 Å². The van der Waals surface area contributed by atoms with Crippen molar-refractivity contribution in [1.82, 2.24) is 15.1 Å². The van der Waals surface area contributed by atoms with Crippen molar-refractivity contribution < 1.29 is 28.6 Å². The summed E-state index contributed by atoms with van der Waals surface area (Å²) in [6, 6.07) is 20.8. The first-order valence-corrected chi connectivity index (χ1v) is 15.8. The van der Waals surface area contributed by atoms with Crippen molar-refractivity contribution in [3.8, 4) is 11.5 Å². The van der Waals surface area contributed by atoms with Gasteiger partial charge in [0.1, 0.15) is 5.60 Å². The second-order valence-corrected chi connectivity index (χ2v) is 12.6. The lowest BCUT2D eigenvalue weighted by Gasteiger charge is -2.36. The minimum Gasteiger partial charge on any atom is -0.493 e. The van der Waals surface area contributed by atoms with E-state index in [9.17, 15) is 14.4 Å². The number of alkyl carbamates (subject to hydrolysis) is 1. The molecule has 3 aromatic rings. The van der Waals surface area contributed by atoms with Crippen molar-refractivity contribution in [3.05, 3.63) is 89.0 Å². The molecule has 10 nitrogen and oxygen atoms in total. The molecule has 0 saturated carbocycles. The summed E-state index contributed by atoms with van der Waals surface area (Å²) >= 11 is 0. The first-order chi connectivity index (χ1) is 22.1. The van der Waals surface area contributed by atoms with Crippen molar-refractivity contribution >= 4 is 23.6 Å². The van der Waals surface area contributed by atoms with Crippen LogP contribution in [0.25, 0.3) is 0 Å². The Labute approximate surface area is 271 Å². The van der Waals surface area contributed by atoms with Gasteiger partial charge in [0.15, 0.2) is 11.5 Å². The van der Waals surface area contributed by atoms with Gasteiger partial charge in [-0.3, -0.25) is 19.4 Å². The van der Waals surface area contributed by atoms with E-state index in [0.717, 1.165) is 44.0 Å². The zero-order valence-electron chi connectivity index (χ0n) is 27.4. The number of nitrogens with one attached hydrogen (secondary N) is 1. The van der Waals surface area contributed by atoms with Gasteiger partial charge in [-0.1, -0.05) is 42.5 Å². The molecule has 46 heavy (non-hydrogen) atoms. The first-order valence-electron chi connectivity index (χ1n) is 15.8. The van der Waals surface area contributed by atoms with E-state index in [1.54, 1.807) is 53.2 Å². The smallest absolute Gasteiger partial charge is 0.407 e. The molecule has 0 radical (unpaired) electrons. The van der Waals surface area contributed by atoms with E-state index in [0.29, 0.717) is 42.0 Å². The van der Waals surface area contributed by atoms with Crippen molar-refractivity contribution in [2.45, 2.75) is 51.8 Å². The third kappa shape index (κ3) is 7.45. The molecule has 2 aliphatic heterocycles. The van der Waals surface area contributed by atoms with E-state index >= 15 is 0 Å². The maximum atomic E-state index is 14.3. The van der Waals surface area contributed by atoms with Crippen LogP contribution in [-0.4, -0.2) is 80.3 Å². The van der Waals surface area contributed by atoms with Crippen LogP contribution in [0, 0.1) is 0 Å². The molecule has 10 heteroatoms. The van der Waals surface area contributed by atoms with E-state index in [1.165, 1.54) is 10.5 Å². The molecule has 2 aliphatic rings. The number of nitrogens with zero attached hydrogens (tertiary/aromatic N) is 3. The highest BCUT2D eigenvalue weighted by Crippen LogP contribution is 2.40. The first kappa shape index (κ1) is 32.8. The molecule has 0 unspecified atom stereocenters. The Bertz CT molecular complexity index is 1550. The Balaban J connectivity index is 1.36. The third-order valence-electron chi connectivity index (χ3n) is 8.31. The summed E-state index contributed by atoms with van der Waals surface area (Å²) in [7, 11) is 3.11.